The molecule has 0 aliphatic carbocycles. The molecule has 76 valence electrons. The Morgan fingerprint density at radius 3 is 2.79 bits per heavy atom. The molecule has 1 aromatic rings. The Bertz CT molecular complexity index is 308. The lowest BCUT2D eigenvalue weighted by molar-refractivity contribution is 0.246. The lowest BCUT2D eigenvalue weighted by Crippen LogP contribution is -2.39. The molecule has 0 radical (unpaired) electrons. The number of amides is 2. The summed E-state index contributed by atoms with van der Waals surface area (Å²) >= 11 is 0. The van der Waals surface area contributed by atoms with Crippen LogP contribution in [0.5, 0.6) is 0 Å². The zero-order valence-corrected chi connectivity index (χ0v) is 8.45. The van der Waals surface area contributed by atoms with Crippen LogP contribution in [0.25, 0.3) is 0 Å². The fourth-order valence-electron chi connectivity index (χ4n) is 1.16. The second kappa shape index (κ2) is 4.09. The third kappa shape index (κ3) is 2.73. The number of urea groups is 1. The van der Waals surface area contributed by atoms with Crippen LogP contribution >= 0.6 is 0 Å². The number of hydrogen-bond donors (Lipinski definition) is 2. The summed E-state index contributed by atoms with van der Waals surface area (Å²) in [4.78, 5) is 14.8. The molecule has 4 heteroatoms. The third-order valence-electron chi connectivity index (χ3n) is 2.06. The highest BCUT2D eigenvalue weighted by Gasteiger charge is 2.21. The zero-order chi connectivity index (χ0) is 10.6. The highest BCUT2D eigenvalue weighted by atomic mass is 16.2. The maximum absolute atomic E-state index is 10.6. The van der Waals surface area contributed by atoms with Crippen molar-refractivity contribution in [3.63, 3.8) is 0 Å². The van der Waals surface area contributed by atoms with E-state index < -0.39 is 6.03 Å². The maximum atomic E-state index is 10.6. The van der Waals surface area contributed by atoms with Crippen LogP contribution in [0.2, 0.25) is 0 Å². The summed E-state index contributed by atoms with van der Waals surface area (Å²) in [5.41, 5.74) is 5.75. The largest absolute Gasteiger partial charge is 0.352 e. The van der Waals surface area contributed by atoms with Crippen molar-refractivity contribution in [3.8, 4) is 0 Å². The van der Waals surface area contributed by atoms with Crippen LogP contribution < -0.4 is 11.1 Å². The van der Waals surface area contributed by atoms with Gasteiger partial charge in [-0.15, -0.1) is 0 Å². The van der Waals surface area contributed by atoms with Crippen LogP contribution in [0, 0.1) is 0 Å². The van der Waals surface area contributed by atoms with Gasteiger partial charge in [0.2, 0.25) is 0 Å². The number of nitrogens with two attached hydrogens (primary N) is 1. The minimum absolute atomic E-state index is 0.198. The molecular formula is C10H15N3O. The van der Waals surface area contributed by atoms with Crippen molar-refractivity contribution in [1.82, 2.24) is 10.3 Å². The van der Waals surface area contributed by atoms with Gasteiger partial charge in [0, 0.05) is 23.9 Å². The van der Waals surface area contributed by atoms with E-state index in [-0.39, 0.29) is 5.41 Å². The zero-order valence-electron chi connectivity index (χ0n) is 8.45. The summed E-state index contributed by atoms with van der Waals surface area (Å²) in [5.74, 6) is 0. The number of hydrogen-bond acceptors (Lipinski definition) is 2. The minimum Gasteiger partial charge on any atom is -0.352 e. The Morgan fingerprint density at radius 1 is 1.57 bits per heavy atom. The highest BCUT2D eigenvalue weighted by molar-refractivity contribution is 5.71. The van der Waals surface area contributed by atoms with Gasteiger partial charge < -0.3 is 11.1 Å². The van der Waals surface area contributed by atoms with Crippen molar-refractivity contribution in [3.05, 3.63) is 30.1 Å². The third-order valence-corrected chi connectivity index (χ3v) is 2.06. The van der Waals surface area contributed by atoms with Gasteiger partial charge in [0.1, 0.15) is 0 Å². The SMILES string of the molecule is CC(C)(CNC(N)=O)c1ccccn1. The molecule has 1 rings (SSSR count). The van der Waals surface area contributed by atoms with Gasteiger partial charge >= 0.3 is 6.03 Å². The monoisotopic (exact) mass is 193 g/mol. The van der Waals surface area contributed by atoms with E-state index >= 15 is 0 Å². The number of carbonyl (C=O) groups excluding carboxylic acids is 1. The Morgan fingerprint density at radius 2 is 2.29 bits per heavy atom. The van der Waals surface area contributed by atoms with Gasteiger partial charge in [-0.1, -0.05) is 19.9 Å². The second-order valence-electron chi connectivity index (χ2n) is 3.82. The van der Waals surface area contributed by atoms with Crippen LogP contribution in [0.4, 0.5) is 4.79 Å². The highest BCUT2D eigenvalue weighted by Crippen LogP contribution is 2.19. The molecular weight excluding hydrogens is 178 g/mol. The first-order valence-electron chi connectivity index (χ1n) is 4.47. The van der Waals surface area contributed by atoms with E-state index in [0.29, 0.717) is 6.54 Å². The molecule has 1 aromatic heterocycles. The molecule has 2 amide bonds. The summed E-state index contributed by atoms with van der Waals surface area (Å²) in [6.45, 7) is 4.50. The number of nitrogens with one attached hydrogen (secondary N) is 1. The molecule has 0 fully saturated rings. The number of nitrogens with zero attached hydrogens (tertiary/aromatic N) is 1. The first-order chi connectivity index (χ1) is 6.52. The fraction of sp³-hybridized carbons (Fsp3) is 0.400. The molecule has 0 aliphatic heterocycles. The van der Waals surface area contributed by atoms with Crippen LogP contribution in [0.3, 0.4) is 0 Å². The van der Waals surface area contributed by atoms with Crippen LogP contribution in [0.15, 0.2) is 24.4 Å². The molecule has 0 aromatic carbocycles. The second-order valence-corrected chi connectivity index (χ2v) is 3.82. The maximum Gasteiger partial charge on any atom is 0.312 e. The molecule has 0 aliphatic rings. The summed E-state index contributed by atoms with van der Waals surface area (Å²) in [7, 11) is 0. The molecule has 1 heterocycles. The van der Waals surface area contributed by atoms with E-state index in [0.717, 1.165) is 5.69 Å². The number of pyridine rings is 1. The quantitative estimate of drug-likeness (QED) is 0.752. The predicted molar refractivity (Wildman–Crippen MR) is 54.8 cm³/mol. The van der Waals surface area contributed by atoms with E-state index in [1.165, 1.54) is 0 Å². The van der Waals surface area contributed by atoms with E-state index in [4.69, 9.17) is 5.73 Å². The van der Waals surface area contributed by atoms with Crippen molar-refractivity contribution in [2.75, 3.05) is 6.54 Å². The van der Waals surface area contributed by atoms with Crippen molar-refractivity contribution < 1.29 is 4.79 Å². The number of aromatic nitrogens is 1. The molecule has 0 saturated carbocycles. The summed E-state index contributed by atoms with van der Waals surface area (Å²) in [5, 5.41) is 2.58. The Kier molecular flexibility index (Phi) is 3.06. The van der Waals surface area contributed by atoms with Gasteiger partial charge in [-0.05, 0) is 12.1 Å². The molecule has 0 unspecified atom stereocenters. The Balaban J connectivity index is 2.70. The first kappa shape index (κ1) is 10.5. The smallest absolute Gasteiger partial charge is 0.312 e. The minimum atomic E-state index is -0.506. The standard InChI is InChI=1S/C10H15N3O/c1-10(2,7-13-9(11)14)8-5-3-4-6-12-8/h3-6H,7H2,1-2H3,(H3,11,13,14). The van der Waals surface area contributed by atoms with Gasteiger partial charge in [0.25, 0.3) is 0 Å². The van der Waals surface area contributed by atoms with Crippen molar-refractivity contribution in [2.45, 2.75) is 19.3 Å². The van der Waals surface area contributed by atoms with E-state index in [2.05, 4.69) is 10.3 Å². The molecule has 0 saturated heterocycles. The van der Waals surface area contributed by atoms with Crippen LogP contribution in [-0.4, -0.2) is 17.6 Å². The summed E-state index contributed by atoms with van der Waals surface area (Å²) in [6.07, 6.45) is 1.74. The van der Waals surface area contributed by atoms with E-state index in [1.54, 1.807) is 6.20 Å². The van der Waals surface area contributed by atoms with Gasteiger partial charge in [0.15, 0.2) is 0 Å². The molecule has 0 spiro atoms. The van der Waals surface area contributed by atoms with Crippen molar-refractivity contribution in [2.24, 2.45) is 5.73 Å². The summed E-state index contributed by atoms with van der Waals surface area (Å²) in [6, 6.07) is 5.21. The Labute approximate surface area is 83.5 Å². The van der Waals surface area contributed by atoms with Gasteiger partial charge in [-0.25, -0.2) is 4.79 Å². The van der Waals surface area contributed by atoms with E-state index in [1.807, 2.05) is 32.0 Å². The number of carbonyl (C=O) groups is 1. The van der Waals surface area contributed by atoms with Gasteiger partial charge in [0.05, 0.1) is 0 Å². The van der Waals surface area contributed by atoms with Gasteiger partial charge in [-0.2, -0.15) is 0 Å². The van der Waals surface area contributed by atoms with E-state index in [9.17, 15) is 4.79 Å². The van der Waals surface area contributed by atoms with Gasteiger partial charge in [-0.3, -0.25) is 4.98 Å². The lowest BCUT2D eigenvalue weighted by atomic mass is 9.89. The molecule has 4 nitrogen and oxygen atoms in total. The van der Waals surface area contributed by atoms with Crippen LogP contribution in [-0.2, 0) is 5.41 Å². The van der Waals surface area contributed by atoms with Crippen molar-refractivity contribution >= 4 is 6.03 Å². The van der Waals surface area contributed by atoms with Crippen molar-refractivity contribution in [1.29, 1.82) is 0 Å². The van der Waals surface area contributed by atoms with Crippen LogP contribution in [0.1, 0.15) is 19.5 Å². The predicted octanol–water partition coefficient (Wildman–Crippen LogP) is 1.03. The molecule has 3 N–H and O–H groups in total. The average molecular weight is 193 g/mol. The topological polar surface area (TPSA) is 68.0 Å². The first-order valence-corrected chi connectivity index (χ1v) is 4.47. The molecule has 0 atom stereocenters. The number of rotatable bonds is 3. The Hall–Kier alpha value is -1.58. The number of primary amides is 1. The normalized spacial score (nSPS) is 11.0. The average Bonchev–Trinajstić information content (AvgIpc) is 2.16. The molecule has 0 bridgehead atoms. The fourth-order valence-corrected chi connectivity index (χ4v) is 1.16. The lowest BCUT2D eigenvalue weighted by Gasteiger charge is -2.23. The molecule has 14 heavy (non-hydrogen) atoms. The summed E-state index contributed by atoms with van der Waals surface area (Å²) < 4.78 is 0.